The number of hydrogen-bond acceptors (Lipinski definition) is 3. The highest BCUT2D eigenvalue weighted by Crippen LogP contribution is 2.32. The SMILES string of the molecule is CCN(CC)C(=O)c1ccc(OC)c(OC2CCCC2)c1. The van der Waals surface area contributed by atoms with Gasteiger partial charge in [-0.3, -0.25) is 4.79 Å². The molecule has 4 heteroatoms. The summed E-state index contributed by atoms with van der Waals surface area (Å²) in [5, 5.41) is 0. The van der Waals surface area contributed by atoms with Crippen molar-refractivity contribution < 1.29 is 14.3 Å². The van der Waals surface area contributed by atoms with Gasteiger partial charge < -0.3 is 14.4 Å². The summed E-state index contributed by atoms with van der Waals surface area (Å²) < 4.78 is 11.4. The molecule has 0 aromatic heterocycles. The minimum absolute atomic E-state index is 0.0407. The van der Waals surface area contributed by atoms with Gasteiger partial charge in [0.25, 0.3) is 5.91 Å². The Morgan fingerprint density at radius 2 is 1.86 bits per heavy atom. The van der Waals surface area contributed by atoms with Gasteiger partial charge in [0.2, 0.25) is 0 Å². The van der Waals surface area contributed by atoms with Crippen molar-refractivity contribution in [3.05, 3.63) is 23.8 Å². The third-order valence-electron chi connectivity index (χ3n) is 4.06. The predicted molar refractivity (Wildman–Crippen MR) is 83.1 cm³/mol. The fraction of sp³-hybridized carbons (Fsp3) is 0.588. The van der Waals surface area contributed by atoms with Gasteiger partial charge in [-0.05, 0) is 57.7 Å². The number of benzene rings is 1. The molecule has 0 N–H and O–H groups in total. The molecule has 116 valence electrons. The first-order chi connectivity index (χ1) is 10.2. The highest BCUT2D eigenvalue weighted by molar-refractivity contribution is 5.94. The quantitative estimate of drug-likeness (QED) is 0.805. The summed E-state index contributed by atoms with van der Waals surface area (Å²) in [6, 6.07) is 5.44. The van der Waals surface area contributed by atoms with Crippen molar-refractivity contribution in [2.45, 2.75) is 45.6 Å². The normalized spacial score (nSPS) is 15.0. The molecule has 1 amide bonds. The maximum Gasteiger partial charge on any atom is 0.253 e. The average molecular weight is 291 g/mol. The number of ether oxygens (including phenoxy) is 2. The topological polar surface area (TPSA) is 38.8 Å². The molecule has 1 aliphatic carbocycles. The van der Waals surface area contributed by atoms with Crippen molar-refractivity contribution in [3.63, 3.8) is 0 Å². The van der Waals surface area contributed by atoms with Crippen molar-refractivity contribution in [2.75, 3.05) is 20.2 Å². The summed E-state index contributed by atoms with van der Waals surface area (Å²) in [5.74, 6) is 1.42. The molecule has 1 fully saturated rings. The van der Waals surface area contributed by atoms with E-state index in [0.717, 1.165) is 12.8 Å². The van der Waals surface area contributed by atoms with Crippen LogP contribution in [0, 0.1) is 0 Å². The van der Waals surface area contributed by atoms with Crippen molar-refractivity contribution in [2.24, 2.45) is 0 Å². The number of carbonyl (C=O) groups excluding carboxylic acids is 1. The van der Waals surface area contributed by atoms with E-state index < -0.39 is 0 Å². The van der Waals surface area contributed by atoms with Crippen molar-refractivity contribution >= 4 is 5.91 Å². The zero-order chi connectivity index (χ0) is 15.2. The van der Waals surface area contributed by atoms with Crippen molar-refractivity contribution in [1.82, 2.24) is 4.90 Å². The summed E-state index contributed by atoms with van der Waals surface area (Å²) >= 11 is 0. The number of methoxy groups -OCH3 is 1. The monoisotopic (exact) mass is 291 g/mol. The van der Waals surface area contributed by atoms with Crippen LogP contribution >= 0.6 is 0 Å². The van der Waals surface area contributed by atoms with Crippen LogP contribution in [0.1, 0.15) is 49.9 Å². The second-order valence-corrected chi connectivity index (χ2v) is 5.37. The Balaban J connectivity index is 2.21. The second-order valence-electron chi connectivity index (χ2n) is 5.37. The molecule has 0 spiro atoms. The molecule has 21 heavy (non-hydrogen) atoms. The number of carbonyl (C=O) groups is 1. The van der Waals surface area contributed by atoms with Crippen molar-refractivity contribution in [1.29, 1.82) is 0 Å². The van der Waals surface area contributed by atoms with Gasteiger partial charge in [-0.2, -0.15) is 0 Å². The lowest BCUT2D eigenvalue weighted by Crippen LogP contribution is -2.30. The molecule has 2 rings (SSSR count). The first kappa shape index (κ1) is 15.7. The zero-order valence-electron chi connectivity index (χ0n) is 13.2. The smallest absolute Gasteiger partial charge is 0.253 e. The van der Waals surface area contributed by atoms with Gasteiger partial charge in [0.05, 0.1) is 13.2 Å². The molecule has 0 aliphatic heterocycles. The molecule has 0 saturated heterocycles. The minimum Gasteiger partial charge on any atom is -0.493 e. The van der Waals surface area contributed by atoms with Crippen molar-refractivity contribution in [3.8, 4) is 11.5 Å². The first-order valence-electron chi connectivity index (χ1n) is 7.83. The fourth-order valence-electron chi connectivity index (χ4n) is 2.78. The predicted octanol–water partition coefficient (Wildman–Crippen LogP) is 3.50. The molecule has 4 nitrogen and oxygen atoms in total. The van der Waals surface area contributed by atoms with Gasteiger partial charge >= 0.3 is 0 Å². The lowest BCUT2D eigenvalue weighted by atomic mass is 10.1. The van der Waals surface area contributed by atoms with E-state index in [9.17, 15) is 4.79 Å². The summed E-state index contributed by atoms with van der Waals surface area (Å²) in [5.41, 5.74) is 0.660. The third kappa shape index (κ3) is 3.69. The van der Waals surface area contributed by atoms with Crippen LogP contribution < -0.4 is 9.47 Å². The molecule has 0 radical (unpaired) electrons. The summed E-state index contributed by atoms with van der Waals surface area (Å²) in [7, 11) is 1.63. The minimum atomic E-state index is 0.0407. The summed E-state index contributed by atoms with van der Waals surface area (Å²) in [4.78, 5) is 14.2. The van der Waals surface area contributed by atoms with Crippen LogP contribution in [-0.4, -0.2) is 37.1 Å². The Morgan fingerprint density at radius 1 is 1.19 bits per heavy atom. The Kier molecular flexibility index (Phi) is 5.48. The second kappa shape index (κ2) is 7.34. The van der Waals surface area contributed by atoms with Gasteiger partial charge in [0, 0.05) is 18.7 Å². The van der Waals surface area contributed by atoms with E-state index in [1.54, 1.807) is 18.1 Å². The molecule has 0 heterocycles. The highest BCUT2D eigenvalue weighted by Gasteiger charge is 2.20. The Labute approximate surface area is 127 Å². The number of hydrogen-bond donors (Lipinski definition) is 0. The van der Waals surface area contributed by atoms with E-state index in [1.165, 1.54) is 12.8 Å². The first-order valence-corrected chi connectivity index (χ1v) is 7.83. The van der Waals surface area contributed by atoms with Crippen LogP contribution in [0.4, 0.5) is 0 Å². The van der Waals surface area contributed by atoms with Crippen LogP contribution in [0.3, 0.4) is 0 Å². The molecule has 1 saturated carbocycles. The Hall–Kier alpha value is -1.71. The molecule has 1 aromatic carbocycles. The maximum absolute atomic E-state index is 12.4. The molecule has 1 aliphatic rings. The maximum atomic E-state index is 12.4. The van der Waals surface area contributed by atoms with Crippen LogP contribution in [-0.2, 0) is 0 Å². The van der Waals surface area contributed by atoms with Crippen LogP contribution in [0.25, 0.3) is 0 Å². The standard InChI is InChI=1S/C17H25NO3/c1-4-18(5-2)17(19)13-10-11-15(20-3)16(12-13)21-14-8-6-7-9-14/h10-12,14H,4-9H2,1-3H3. The van der Waals surface area contributed by atoms with Crippen LogP contribution in [0.15, 0.2) is 18.2 Å². The average Bonchev–Trinajstić information content (AvgIpc) is 3.01. The van der Waals surface area contributed by atoms with Crippen LogP contribution in [0.5, 0.6) is 11.5 Å². The van der Waals surface area contributed by atoms with E-state index in [4.69, 9.17) is 9.47 Å². The van der Waals surface area contributed by atoms with E-state index in [2.05, 4.69) is 0 Å². The highest BCUT2D eigenvalue weighted by atomic mass is 16.5. The number of rotatable bonds is 6. The van der Waals surface area contributed by atoms with E-state index >= 15 is 0 Å². The lowest BCUT2D eigenvalue weighted by Gasteiger charge is -2.20. The largest absolute Gasteiger partial charge is 0.493 e. The summed E-state index contributed by atoms with van der Waals surface area (Å²) in [6.07, 6.45) is 4.84. The van der Waals surface area contributed by atoms with Crippen LogP contribution in [0.2, 0.25) is 0 Å². The van der Waals surface area contributed by atoms with Gasteiger partial charge in [0.1, 0.15) is 0 Å². The molecule has 0 bridgehead atoms. The molecule has 0 unspecified atom stereocenters. The number of amides is 1. The summed E-state index contributed by atoms with van der Waals surface area (Å²) in [6.45, 7) is 5.39. The lowest BCUT2D eigenvalue weighted by molar-refractivity contribution is 0.0772. The van der Waals surface area contributed by atoms with E-state index in [0.29, 0.717) is 30.2 Å². The van der Waals surface area contributed by atoms with E-state index in [1.807, 2.05) is 26.0 Å². The molecule has 0 atom stereocenters. The Bertz CT molecular complexity index is 477. The number of nitrogens with zero attached hydrogens (tertiary/aromatic N) is 1. The molecule has 1 aromatic rings. The Morgan fingerprint density at radius 3 is 2.43 bits per heavy atom. The van der Waals surface area contributed by atoms with E-state index in [-0.39, 0.29) is 12.0 Å². The zero-order valence-corrected chi connectivity index (χ0v) is 13.2. The fourth-order valence-corrected chi connectivity index (χ4v) is 2.78. The third-order valence-corrected chi connectivity index (χ3v) is 4.06. The molecular formula is C17H25NO3. The molecular weight excluding hydrogens is 266 g/mol. The van der Waals surface area contributed by atoms with Gasteiger partial charge in [-0.15, -0.1) is 0 Å². The van der Waals surface area contributed by atoms with Gasteiger partial charge in [0.15, 0.2) is 11.5 Å². The van der Waals surface area contributed by atoms with Gasteiger partial charge in [-0.25, -0.2) is 0 Å². The van der Waals surface area contributed by atoms with Gasteiger partial charge in [-0.1, -0.05) is 0 Å².